The molecule has 1 amide bonds. The SMILES string of the molecule is CCOC(=O)CCN(Cc1cccnc1)C(=O)CS(=O)(=O)NC1CCC(C)CC1. The molecule has 0 unspecified atom stereocenters. The molecule has 29 heavy (non-hydrogen) atoms. The molecule has 1 aromatic rings. The lowest BCUT2D eigenvalue weighted by atomic mass is 9.88. The largest absolute Gasteiger partial charge is 0.466 e. The van der Waals surface area contributed by atoms with E-state index in [1.165, 1.54) is 4.90 Å². The molecule has 1 aliphatic carbocycles. The zero-order valence-electron chi connectivity index (χ0n) is 17.2. The van der Waals surface area contributed by atoms with Crippen molar-refractivity contribution in [2.24, 2.45) is 5.92 Å². The lowest BCUT2D eigenvalue weighted by Gasteiger charge is -2.27. The van der Waals surface area contributed by atoms with Crippen molar-refractivity contribution in [3.05, 3.63) is 30.1 Å². The van der Waals surface area contributed by atoms with Gasteiger partial charge in [0.05, 0.1) is 13.0 Å². The highest BCUT2D eigenvalue weighted by Gasteiger charge is 2.27. The summed E-state index contributed by atoms with van der Waals surface area (Å²) in [7, 11) is -3.76. The maximum absolute atomic E-state index is 12.8. The van der Waals surface area contributed by atoms with Gasteiger partial charge >= 0.3 is 5.97 Å². The van der Waals surface area contributed by atoms with Crippen LogP contribution in [0.2, 0.25) is 0 Å². The minimum atomic E-state index is -3.76. The number of sulfonamides is 1. The van der Waals surface area contributed by atoms with Crippen molar-refractivity contribution in [2.45, 2.75) is 58.5 Å². The molecule has 0 aliphatic heterocycles. The second-order valence-electron chi connectivity index (χ2n) is 7.57. The van der Waals surface area contributed by atoms with Gasteiger partial charge in [0.15, 0.2) is 0 Å². The van der Waals surface area contributed by atoms with Gasteiger partial charge in [-0.15, -0.1) is 0 Å². The van der Waals surface area contributed by atoms with Crippen molar-refractivity contribution in [1.82, 2.24) is 14.6 Å². The van der Waals surface area contributed by atoms with E-state index in [9.17, 15) is 18.0 Å². The standard InChI is InChI=1S/C20H31N3O5S/c1-3-28-20(25)10-12-23(14-17-5-4-11-21-13-17)19(24)15-29(26,27)22-18-8-6-16(2)7-9-18/h4-5,11,13,16,18,22H,3,6-10,12,14-15H2,1-2H3. The molecule has 1 N–H and O–H groups in total. The second kappa shape index (κ2) is 11.3. The topological polar surface area (TPSA) is 106 Å². The van der Waals surface area contributed by atoms with Gasteiger partial charge in [0.1, 0.15) is 5.75 Å². The third-order valence-electron chi connectivity index (χ3n) is 5.02. The van der Waals surface area contributed by atoms with Crippen molar-refractivity contribution in [2.75, 3.05) is 18.9 Å². The van der Waals surface area contributed by atoms with Crippen molar-refractivity contribution < 1.29 is 22.7 Å². The van der Waals surface area contributed by atoms with Crippen LogP contribution >= 0.6 is 0 Å². The van der Waals surface area contributed by atoms with E-state index in [0.717, 1.165) is 31.2 Å². The van der Waals surface area contributed by atoms with Gasteiger partial charge in [0.25, 0.3) is 0 Å². The predicted molar refractivity (Wildman–Crippen MR) is 109 cm³/mol. The average Bonchev–Trinajstić information content (AvgIpc) is 2.67. The Labute approximate surface area is 173 Å². The summed E-state index contributed by atoms with van der Waals surface area (Å²) in [5.41, 5.74) is 0.760. The number of pyridine rings is 1. The first-order valence-corrected chi connectivity index (χ1v) is 11.8. The quantitative estimate of drug-likeness (QED) is 0.574. The summed E-state index contributed by atoms with van der Waals surface area (Å²) in [5, 5.41) is 0. The summed E-state index contributed by atoms with van der Waals surface area (Å²) in [4.78, 5) is 29.8. The number of rotatable bonds is 10. The van der Waals surface area contributed by atoms with Gasteiger partial charge in [-0.25, -0.2) is 13.1 Å². The summed E-state index contributed by atoms with van der Waals surface area (Å²) in [6.45, 7) is 4.40. The summed E-state index contributed by atoms with van der Waals surface area (Å²) in [6, 6.07) is 3.43. The molecule has 9 heteroatoms. The van der Waals surface area contributed by atoms with Gasteiger partial charge in [-0.05, 0) is 50.2 Å². The van der Waals surface area contributed by atoms with Crippen LogP contribution in [0.15, 0.2) is 24.5 Å². The Balaban J connectivity index is 1.99. The molecule has 1 fully saturated rings. The van der Waals surface area contributed by atoms with E-state index >= 15 is 0 Å². The van der Waals surface area contributed by atoms with Crippen LogP contribution in [0.1, 0.15) is 51.5 Å². The number of esters is 1. The highest BCUT2D eigenvalue weighted by molar-refractivity contribution is 7.90. The highest BCUT2D eigenvalue weighted by Crippen LogP contribution is 2.23. The Kier molecular flexibility index (Phi) is 9.03. The highest BCUT2D eigenvalue weighted by atomic mass is 32.2. The van der Waals surface area contributed by atoms with E-state index in [2.05, 4.69) is 16.6 Å². The first-order valence-electron chi connectivity index (χ1n) is 10.1. The third kappa shape index (κ3) is 8.49. The van der Waals surface area contributed by atoms with Crippen molar-refractivity contribution in [3.8, 4) is 0 Å². The Hall–Kier alpha value is -2.00. The van der Waals surface area contributed by atoms with Gasteiger partial charge in [-0.3, -0.25) is 14.6 Å². The lowest BCUT2D eigenvalue weighted by molar-refractivity contribution is -0.144. The number of carbonyl (C=O) groups excluding carboxylic acids is 2. The summed E-state index contributed by atoms with van der Waals surface area (Å²) in [6.07, 6.45) is 6.78. The summed E-state index contributed by atoms with van der Waals surface area (Å²) < 4.78 is 32.6. The summed E-state index contributed by atoms with van der Waals surface area (Å²) >= 11 is 0. The van der Waals surface area contributed by atoms with Gasteiger partial charge in [0.2, 0.25) is 15.9 Å². The number of nitrogens with one attached hydrogen (secondary N) is 1. The predicted octanol–water partition coefficient (Wildman–Crippen LogP) is 1.86. The van der Waals surface area contributed by atoms with Gasteiger partial charge in [0, 0.05) is 31.5 Å². The molecule has 0 aromatic carbocycles. The molecule has 0 bridgehead atoms. The fraction of sp³-hybridized carbons (Fsp3) is 0.650. The molecule has 1 saturated carbocycles. The molecule has 162 valence electrons. The van der Waals surface area contributed by atoms with E-state index in [-0.39, 0.29) is 32.2 Å². The molecule has 8 nitrogen and oxygen atoms in total. The molecule has 1 aromatic heterocycles. The monoisotopic (exact) mass is 425 g/mol. The number of carbonyl (C=O) groups is 2. The van der Waals surface area contributed by atoms with Crippen molar-refractivity contribution in [3.63, 3.8) is 0 Å². The zero-order valence-corrected chi connectivity index (χ0v) is 18.0. The zero-order chi connectivity index (χ0) is 21.3. The number of hydrogen-bond acceptors (Lipinski definition) is 6. The average molecular weight is 426 g/mol. The molecule has 1 aliphatic rings. The van der Waals surface area contributed by atoms with Crippen LogP contribution in [0.25, 0.3) is 0 Å². The van der Waals surface area contributed by atoms with E-state index in [0.29, 0.717) is 5.92 Å². The Morgan fingerprint density at radius 3 is 2.62 bits per heavy atom. The van der Waals surface area contributed by atoms with Crippen LogP contribution in [0.3, 0.4) is 0 Å². The van der Waals surface area contributed by atoms with E-state index in [4.69, 9.17) is 4.74 Å². The first-order chi connectivity index (χ1) is 13.8. The number of nitrogens with zero attached hydrogens (tertiary/aromatic N) is 2. The van der Waals surface area contributed by atoms with Crippen LogP contribution < -0.4 is 4.72 Å². The van der Waals surface area contributed by atoms with Crippen LogP contribution in [0.4, 0.5) is 0 Å². The molecular weight excluding hydrogens is 394 g/mol. The van der Waals surface area contributed by atoms with Gasteiger partial charge in [-0.2, -0.15) is 0 Å². The normalized spacial score (nSPS) is 19.5. The van der Waals surface area contributed by atoms with Gasteiger partial charge in [-0.1, -0.05) is 13.0 Å². The third-order valence-corrected chi connectivity index (χ3v) is 6.34. The molecule has 0 spiro atoms. The van der Waals surface area contributed by atoms with Crippen LogP contribution in [0.5, 0.6) is 0 Å². The summed E-state index contributed by atoms with van der Waals surface area (Å²) in [5.74, 6) is -0.999. The van der Waals surface area contributed by atoms with Crippen LogP contribution in [0, 0.1) is 5.92 Å². The minimum Gasteiger partial charge on any atom is -0.466 e. The van der Waals surface area contributed by atoms with Crippen molar-refractivity contribution >= 4 is 21.9 Å². The second-order valence-corrected chi connectivity index (χ2v) is 9.32. The van der Waals surface area contributed by atoms with Crippen LogP contribution in [-0.2, 0) is 30.9 Å². The molecule has 1 heterocycles. The maximum Gasteiger partial charge on any atom is 0.307 e. The molecule has 0 atom stereocenters. The van der Waals surface area contributed by atoms with E-state index < -0.39 is 27.7 Å². The Morgan fingerprint density at radius 1 is 1.28 bits per heavy atom. The number of ether oxygens (including phenoxy) is 1. The van der Waals surface area contributed by atoms with Gasteiger partial charge < -0.3 is 9.64 Å². The fourth-order valence-corrected chi connectivity index (χ4v) is 4.73. The molecular formula is C20H31N3O5S. The van der Waals surface area contributed by atoms with Crippen LogP contribution in [-0.4, -0.2) is 55.1 Å². The Morgan fingerprint density at radius 2 is 2.00 bits per heavy atom. The number of amides is 1. The fourth-order valence-electron chi connectivity index (χ4n) is 3.39. The lowest BCUT2D eigenvalue weighted by Crippen LogP contribution is -2.44. The Bertz CT molecular complexity index is 762. The molecule has 2 rings (SSSR count). The molecule has 0 radical (unpaired) electrons. The van der Waals surface area contributed by atoms with Crippen molar-refractivity contribution in [1.29, 1.82) is 0 Å². The van der Waals surface area contributed by atoms with E-state index in [1.807, 2.05) is 0 Å². The first kappa shape index (κ1) is 23.3. The number of aromatic nitrogens is 1. The maximum atomic E-state index is 12.8. The molecule has 0 saturated heterocycles. The smallest absolute Gasteiger partial charge is 0.307 e. The van der Waals surface area contributed by atoms with E-state index in [1.54, 1.807) is 31.5 Å². The minimum absolute atomic E-state index is 0.00777. The number of hydrogen-bond donors (Lipinski definition) is 1.